The molecule has 2 aliphatic heterocycles. The number of anilines is 4. The number of carbonyl (C=O) groups excluding carboxylic acids is 2. The van der Waals surface area contributed by atoms with E-state index < -0.39 is 109 Å². The first-order valence-electron chi connectivity index (χ1n) is 37.6. The second-order valence-electron chi connectivity index (χ2n) is 27.9. The van der Waals surface area contributed by atoms with Gasteiger partial charge in [0.05, 0.1) is 39.3 Å². The van der Waals surface area contributed by atoms with Crippen molar-refractivity contribution in [2.45, 2.75) is 166 Å². The van der Waals surface area contributed by atoms with Crippen LogP contribution in [-0.2, 0) is 85.3 Å². The van der Waals surface area contributed by atoms with Crippen molar-refractivity contribution in [2.24, 2.45) is 0 Å². The number of urea groups is 1. The molecule has 2 fully saturated rings. The molecule has 3 amide bonds. The summed E-state index contributed by atoms with van der Waals surface area (Å²) in [6.07, 6.45) is 15.0. The van der Waals surface area contributed by atoms with Crippen LogP contribution in [0.5, 0.6) is 0 Å². The molecular formula is C71H107LuN19O22. The molecule has 5 heterocycles. The third-order valence-electron chi connectivity index (χ3n) is 19.0. The topological polar surface area (TPSA) is 564 Å². The van der Waals surface area contributed by atoms with Crippen molar-refractivity contribution in [1.29, 1.82) is 0 Å². The summed E-state index contributed by atoms with van der Waals surface area (Å²) in [5, 5.41) is 110. The zero-order valence-electron chi connectivity index (χ0n) is 63.1. The van der Waals surface area contributed by atoms with E-state index in [2.05, 4.69) is 46.4 Å². The quantitative estimate of drug-likeness (QED) is 0.0278. The van der Waals surface area contributed by atoms with Gasteiger partial charge in [0.25, 0.3) is 0 Å². The van der Waals surface area contributed by atoms with Gasteiger partial charge in [-0.1, -0.05) is 50.7 Å². The molecule has 4 atom stereocenters. The second-order valence-corrected chi connectivity index (χ2v) is 27.9. The average Bonchev–Trinajstić information content (AvgIpc) is 1.36. The molecule has 2 saturated heterocycles. The molecule has 633 valence electrons. The van der Waals surface area contributed by atoms with E-state index in [0.717, 1.165) is 57.1 Å². The van der Waals surface area contributed by atoms with Crippen LogP contribution in [-0.4, -0.2) is 328 Å². The molecule has 6 rings (SSSR count). The van der Waals surface area contributed by atoms with Gasteiger partial charge in [-0.2, -0.15) is 15.0 Å². The van der Waals surface area contributed by atoms with Gasteiger partial charge in [0.15, 0.2) is 0 Å². The number of piperazine rings is 1. The number of carboxylic acids is 10. The molecule has 0 spiro atoms. The number of carbonyl (C=O) groups is 12. The maximum Gasteiger partial charge on any atom is 0.326 e. The van der Waals surface area contributed by atoms with Crippen LogP contribution >= 0.6 is 0 Å². The van der Waals surface area contributed by atoms with Crippen molar-refractivity contribution < 1.29 is 145 Å². The van der Waals surface area contributed by atoms with E-state index in [0.29, 0.717) is 95.1 Å². The Morgan fingerprint density at radius 1 is 0.460 bits per heavy atom. The first-order valence-corrected chi connectivity index (χ1v) is 37.6. The summed E-state index contributed by atoms with van der Waals surface area (Å²) in [6.45, 7) is 2.75. The molecule has 1 radical (unpaired) electrons. The fourth-order valence-corrected chi connectivity index (χ4v) is 13.2. The van der Waals surface area contributed by atoms with E-state index in [-0.39, 0.29) is 171 Å². The summed E-state index contributed by atoms with van der Waals surface area (Å²) < 4.78 is 2.97. The molecule has 0 aliphatic carbocycles. The first kappa shape index (κ1) is 94.1. The number of hydrogen-bond acceptors (Lipinski definition) is 26. The predicted octanol–water partition coefficient (Wildman–Crippen LogP) is 1.38. The maximum atomic E-state index is 13.1. The van der Waals surface area contributed by atoms with Gasteiger partial charge in [-0.25, -0.2) is 29.1 Å². The number of amides is 3. The number of imidazole rings is 2. The van der Waals surface area contributed by atoms with Crippen molar-refractivity contribution in [3.05, 3.63) is 66.3 Å². The van der Waals surface area contributed by atoms with E-state index in [1.54, 1.807) is 56.3 Å². The van der Waals surface area contributed by atoms with Gasteiger partial charge in [0.2, 0.25) is 23.8 Å². The number of carboxylic acid groups (broad SMARTS) is 10. The maximum absolute atomic E-state index is 13.1. The molecule has 41 nitrogen and oxygen atoms in total. The smallest absolute Gasteiger partial charge is 0.326 e. The Hall–Kier alpha value is -9.52. The number of nitrogens with one attached hydrogen (secondary N) is 5. The molecule has 42 heteroatoms. The number of aromatic nitrogens is 7. The SMILES string of the molecule is O=C(O)CC[C@H](NC(=O)N[C@@H](CCCCNC(=O)CCCCCCCCCCN1CCN(c2nc(Nc3ccc(CC4CN(CC(=O)O)CCN(CC(=O)O)CCN(CC(=O)O)CCN4CC(=O)O)cc3)nc(N[C@@H](CCCCN(Cc3nccn3CC(=O)O)Cc3nccn3CC(=O)O)C(=O)O)n2)CC1)C(=O)O)C(=O)O.[Lu]. The van der Waals surface area contributed by atoms with Crippen LogP contribution in [0.25, 0.3) is 0 Å². The second kappa shape index (κ2) is 50.6. The van der Waals surface area contributed by atoms with Gasteiger partial charge in [0, 0.05) is 165 Å². The zero-order chi connectivity index (χ0) is 81.5. The number of nitrogens with zero attached hydrogens (tertiary/aromatic N) is 14. The molecular weight excluding hydrogens is 1650 g/mol. The molecule has 0 bridgehead atoms. The summed E-state index contributed by atoms with van der Waals surface area (Å²) in [4.78, 5) is 180. The Bertz CT molecular complexity index is 3660. The van der Waals surface area contributed by atoms with Crippen LogP contribution in [0.2, 0.25) is 0 Å². The minimum Gasteiger partial charge on any atom is -0.481 e. The Kier molecular flexibility index (Phi) is 42.1. The Labute approximate surface area is 681 Å². The molecule has 0 saturated carbocycles. The molecule has 1 aromatic carbocycles. The monoisotopic (exact) mass is 1750 g/mol. The van der Waals surface area contributed by atoms with Crippen LogP contribution in [0.3, 0.4) is 0 Å². The van der Waals surface area contributed by atoms with Gasteiger partial charge in [-0.15, -0.1) is 0 Å². The first-order chi connectivity index (χ1) is 53.5. The fourth-order valence-electron chi connectivity index (χ4n) is 13.2. The predicted molar refractivity (Wildman–Crippen MR) is 400 cm³/mol. The Morgan fingerprint density at radius 3 is 1.48 bits per heavy atom. The molecule has 1 unspecified atom stereocenters. The normalized spacial score (nSPS) is 15.8. The standard InChI is InChI=1S/C71H107N19O22.Lu/c91-57(74-22-10-8-13-53(66(108)109)77-71(112)78-54(67(110)111)20-21-58(92)93)15-7-5-3-1-2-4-6-11-25-82-33-36-87(37-34-82)70-80-68(79-69(81-70)76-52(65(106)107)14-9-12-26-85(41-55-72-23-27-89(55)47-63(102)103)42-56-73-24-28-90(56)48-64(104)105)75-50-18-16-49(17-19-50)39-51-40-86(45-61(98)99)32-31-83(43-59(94)95)29-30-84(44-60(96)97)35-38-88(51)46-62(100)101;/h16-19,23-24,27-28,51-54H,1-15,20-22,25-26,29-48H2,(H,74,91)(H,92,93)(H,94,95)(H,96,97)(H,98,99)(H,100,101)(H,102,103)(H,104,105)(H,106,107)(H,108,109)(H,110,111)(H2,77,78,112)(H2,75,76,79,80,81);/t51?,52-,53-,54-;/m0./s1. The van der Waals surface area contributed by atoms with Gasteiger partial charge in [-0.05, 0) is 95.0 Å². The zero-order valence-corrected chi connectivity index (χ0v) is 64.8. The van der Waals surface area contributed by atoms with Crippen molar-refractivity contribution in [2.75, 3.05) is 133 Å². The van der Waals surface area contributed by atoms with Crippen molar-refractivity contribution in [1.82, 2.24) is 79.4 Å². The summed E-state index contributed by atoms with van der Waals surface area (Å²) >= 11 is 0. The van der Waals surface area contributed by atoms with E-state index >= 15 is 0 Å². The Balaban J connectivity index is 0.0000228. The molecule has 4 aromatic rings. The summed E-state index contributed by atoms with van der Waals surface area (Å²) in [5.41, 5.74) is 1.22. The summed E-state index contributed by atoms with van der Waals surface area (Å²) in [7, 11) is 0. The van der Waals surface area contributed by atoms with E-state index in [9.17, 15) is 103 Å². The third kappa shape index (κ3) is 37.3. The summed E-state index contributed by atoms with van der Waals surface area (Å²) in [6, 6.07) is 1.34. The average molecular weight is 1750 g/mol. The van der Waals surface area contributed by atoms with Crippen molar-refractivity contribution in [3.8, 4) is 0 Å². The van der Waals surface area contributed by atoms with Gasteiger partial charge < -0.3 is 91.7 Å². The Morgan fingerprint density at radius 2 is 0.938 bits per heavy atom. The van der Waals surface area contributed by atoms with Crippen LogP contribution in [0.15, 0.2) is 49.1 Å². The van der Waals surface area contributed by atoms with Gasteiger partial charge in [-0.3, -0.25) is 67.8 Å². The van der Waals surface area contributed by atoms with E-state index in [4.69, 9.17) is 15.1 Å². The van der Waals surface area contributed by atoms with Crippen LogP contribution in [0.1, 0.15) is 126 Å². The number of benzene rings is 1. The van der Waals surface area contributed by atoms with Gasteiger partial charge >= 0.3 is 65.7 Å². The third-order valence-corrected chi connectivity index (χ3v) is 19.0. The van der Waals surface area contributed by atoms with E-state index in [1.165, 1.54) is 21.5 Å². The van der Waals surface area contributed by atoms with Crippen molar-refractivity contribution in [3.63, 3.8) is 0 Å². The number of rotatable bonds is 52. The van der Waals surface area contributed by atoms with Crippen LogP contribution in [0.4, 0.5) is 28.3 Å². The number of unbranched alkanes of at least 4 members (excludes halogenated alkanes) is 9. The van der Waals surface area contributed by atoms with E-state index in [1.807, 2.05) is 9.80 Å². The van der Waals surface area contributed by atoms with Crippen LogP contribution in [0, 0.1) is 36.9 Å². The minimum atomic E-state index is -1.52. The summed E-state index contributed by atoms with van der Waals surface area (Å²) in [5.74, 6) is -10.9. The minimum absolute atomic E-state index is 0. The largest absolute Gasteiger partial charge is 0.481 e. The van der Waals surface area contributed by atoms with Crippen molar-refractivity contribution >= 4 is 95.2 Å². The molecule has 3 aromatic heterocycles. The molecule has 113 heavy (non-hydrogen) atoms. The molecule has 15 N–H and O–H groups in total. The number of hydrogen-bond donors (Lipinski definition) is 15. The fraction of sp³-hybridized carbons (Fsp3) is 0.620. The number of aliphatic carboxylic acids is 10. The van der Waals surface area contributed by atoms with Gasteiger partial charge in [0.1, 0.15) is 42.9 Å². The van der Waals surface area contributed by atoms with Crippen LogP contribution < -0.4 is 31.5 Å². The molecule has 2 aliphatic rings.